The summed E-state index contributed by atoms with van der Waals surface area (Å²) in [6.45, 7) is 9.01. The number of carbonyl (C=O) groups is 1. The number of hydrogen-bond acceptors (Lipinski definition) is 2. The van der Waals surface area contributed by atoms with Crippen molar-refractivity contribution in [1.29, 1.82) is 0 Å². The van der Waals surface area contributed by atoms with Crippen molar-refractivity contribution in [3.8, 4) is 0 Å². The Balaban J connectivity index is 2.54. The maximum atomic E-state index is 11.5. The normalized spacial score (nSPS) is 30.2. The summed E-state index contributed by atoms with van der Waals surface area (Å²) in [5.41, 5.74) is 0. The van der Waals surface area contributed by atoms with Crippen LogP contribution in [-0.2, 0) is 4.74 Å². The second-order valence-electron chi connectivity index (χ2n) is 5.30. The van der Waals surface area contributed by atoms with E-state index < -0.39 is 0 Å². The topological polar surface area (TPSA) is 38.3 Å². The summed E-state index contributed by atoms with van der Waals surface area (Å²) < 4.78 is 4.96. The molecule has 1 amide bonds. The largest absolute Gasteiger partial charge is 0.450 e. The summed E-state index contributed by atoms with van der Waals surface area (Å²) in [6.07, 6.45) is 3.33. The molecule has 0 aromatic rings. The molecule has 3 atom stereocenters. The third kappa shape index (κ3) is 3.69. The predicted molar refractivity (Wildman–Crippen MR) is 65.3 cm³/mol. The molecule has 1 rings (SSSR count). The van der Waals surface area contributed by atoms with E-state index in [9.17, 15) is 4.79 Å². The van der Waals surface area contributed by atoms with Crippen LogP contribution in [0.15, 0.2) is 0 Å². The predicted octanol–water partition coefficient (Wildman–Crippen LogP) is 3.19. The lowest BCUT2D eigenvalue weighted by molar-refractivity contribution is 0.122. The summed E-state index contributed by atoms with van der Waals surface area (Å²) in [5, 5.41) is 3.02. The molecule has 1 saturated carbocycles. The summed E-state index contributed by atoms with van der Waals surface area (Å²) in [4.78, 5) is 11.5. The number of amides is 1. The first-order valence-corrected chi connectivity index (χ1v) is 6.47. The fraction of sp³-hybridized carbons (Fsp3) is 0.923. The van der Waals surface area contributed by atoms with Crippen LogP contribution in [0.4, 0.5) is 4.79 Å². The number of alkyl carbamates (subject to hydrolysis) is 1. The molecule has 16 heavy (non-hydrogen) atoms. The first-order chi connectivity index (χ1) is 7.54. The molecule has 0 bridgehead atoms. The first-order valence-electron chi connectivity index (χ1n) is 6.47. The summed E-state index contributed by atoms with van der Waals surface area (Å²) >= 11 is 0. The Morgan fingerprint density at radius 2 is 2.12 bits per heavy atom. The van der Waals surface area contributed by atoms with Gasteiger partial charge < -0.3 is 10.1 Å². The van der Waals surface area contributed by atoms with E-state index in [1.807, 2.05) is 6.92 Å². The van der Waals surface area contributed by atoms with Gasteiger partial charge in [-0.05, 0) is 37.5 Å². The Labute approximate surface area is 98.9 Å². The van der Waals surface area contributed by atoms with Crippen LogP contribution in [0.3, 0.4) is 0 Å². The molecule has 3 heteroatoms. The highest BCUT2D eigenvalue weighted by Gasteiger charge is 2.31. The molecule has 94 valence electrons. The van der Waals surface area contributed by atoms with Crippen molar-refractivity contribution in [3.63, 3.8) is 0 Å². The fourth-order valence-electron chi connectivity index (χ4n) is 2.69. The van der Waals surface area contributed by atoms with E-state index in [1.165, 1.54) is 12.8 Å². The van der Waals surface area contributed by atoms with Crippen molar-refractivity contribution in [1.82, 2.24) is 5.32 Å². The van der Waals surface area contributed by atoms with Gasteiger partial charge in [-0.3, -0.25) is 0 Å². The third-order valence-electron chi connectivity index (χ3n) is 3.60. The first kappa shape index (κ1) is 13.3. The fourth-order valence-corrected chi connectivity index (χ4v) is 2.69. The number of ether oxygens (including phenoxy) is 1. The smallest absolute Gasteiger partial charge is 0.407 e. The van der Waals surface area contributed by atoms with Gasteiger partial charge in [-0.2, -0.15) is 0 Å². The van der Waals surface area contributed by atoms with Crippen LogP contribution in [0, 0.1) is 17.8 Å². The van der Waals surface area contributed by atoms with Gasteiger partial charge in [0.1, 0.15) is 0 Å². The van der Waals surface area contributed by atoms with Gasteiger partial charge in [0.2, 0.25) is 0 Å². The molecule has 1 fully saturated rings. The van der Waals surface area contributed by atoms with E-state index in [1.54, 1.807) is 0 Å². The van der Waals surface area contributed by atoms with Gasteiger partial charge in [0.05, 0.1) is 6.61 Å². The maximum Gasteiger partial charge on any atom is 0.407 e. The number of carbonyl (C=O) groups excluding carboxylic acids is 1. The molecule has 0 aliphatic heterocycles. The second-order valence-corrected chi connectivity index (χ2v) is 5.30. The molecule has 0 spiro atoms. The summed E-state index contributed by atoms with van der Waals surface area (Å²) in [5.74, 6) is 1.93. The standard InChI is InChI=1S/C13H25NO2/c1-5-16-13(15)14-12-8-10(4)6-7-11(12)9(2)3/h9-12H,5-8H2,1-4H3,(H,14,15)/t10-,11+,12-/m1/s1. The van der Waals surface area contributed by atoms with Crippen LogP contribution in [0.5, 0.6) is 0 Å². The lowest BCUT2D eigenvalue weighted by Gasteiger charge is -2.37. The SMILES string of the molecule is CCOC(=O)N[C@@H]1C[C@H](C)CC[C@H]1C(C)C. The monoisotopic (exact) mass is 227 g/mol. The van der Waals surface area contributed by atoms with Crippen molar-refractivity contribution < 1.29 is 9.53 Å². The number of hydrogen-bond donors (Lipinski definition) is 1. The van der Waals surface area contributed by atoms with E-state index >= 15 is 0 Å². The Morgan fingerprint density at radius 1 is 1.44 bits per heavy atom. The van der Waals surface area contributed by atoms with Gasteiger partial charge >= 0.3 is 6.09 Å². The van der Waals surface area contributed by atoms with Crippen molar-refractivity contribution in [2.75, 3.05) is 6.61 Å². The highest BCUT2D eigenvalue weighted by atomic mass is 16.5. The minimum atomic E-state index is -0.257. The Morgan fingerprint density at radius 3 is 2.69 bits per heavy atom. The number of nitrogens with one attached hydrogen (secondary N) is 1. The molecule has 1 aliphatic rings. The van der Waals surface area contributed by atoms with Crippen LogP contribution in [0.25, 0.3) is 0 Å². The average molecular weight is 227 g/mol. The Hall–Kier alpha value is -0.730. The summed E-state index contributed by atoms with van der Waals surface area (Å²) in [6, 6.07) is 0.294. The molecule has 0 radical (unpaired) electrons. The summed E-state index contributed by atoms with van der Waals surface area (Å²) in [7, 11) is 0. The molecule has 1 N–H and O–H groups in total. The van der Waals surface area contributed by atoms with Crippen molar-refractivity contribution in [2.45, 2.75) is 53.0 Å². The van der Waals surface area contributed by atoms with Crippen LogP contribution in [-0.4, -0.2) is 18.7 Å². The van der Waals surface area contributed by atoms with Gasteiger partial charge in [0.25, 0.3) is 0 Å². The molecule has 1 aliphatic carbocycles. The molecule has 0 unspecified atom stereocenters. The Kier molecular flexibility index (Phi) is 5.10. The number of rotatable bonds is 3. The minimum Gasteiger partial charge on any atom is -0.450 e. The average Bonchev–Trinajstić information content (AvgIpc) is 2.17. The van der Waals surface area contributed by atoms with E-state index in [0.29, 0.717) is 30.4 Å². The van der Waals surface area contributed by atoms with E-state index in [0.717, 1.165) is 6.42 Å². The Bertz CT molecular complexity index is 228. The van der Waals surface area contributed by atoms with Crippen LogP contribution in [0.2, 0.25) is 0 Å². The van der Waals surface area contributed by atoms with Gasteiger partial charge in [-0.1, -0.05) is 27.2 Å². The maximum absolute atomic E-state index is 11.5. The molecule has 3 nitrogen and oxygen atoms in total. The molecule has 0 aromatic heterocycles. The van der Waals surface area contributed by atoms with Crippen molar-refractivity contribution >= 4 is 6.09 Å². The molecule has 0 saturated heterocycles. The van der Waals surface area contributed by atoms with Gasteiger partial charge in [-0.15, -0.1) is 0 Å². The molecule has 0 aromatic carbocycles. The highest BCUT2D eigenvalue weighted by Crippen LogP contribution is 2.33. The van der Waals surface area contributed by atoms with Crippen molar-refractivity contribution in [2.24, 2.45) is 17.8 Å². The quantitative estimate of drug-likeness (QED) is 0.804. The zero-order valence-corrected chi connectivity index (χ0v) is 11.0. The third-order valence-corrected chi connectivity index (χ3v) is 3.60. The lowest BCUT2D eigenvalue weighted by Crippen LogP contribution is -2.45. The highest BCUT2D eigenvalue weighted by molar-refractivity contribution is 5.67. The second kappa shape index (κ2) is 6.12. The van der Waals surface area contributed by atoms with E-state index in [4.69, 9.17) is 4.74 Å². The lowest BCUT2D eigenvalue weighted by atomic mass is 9.74. The van der Waals surface area contributed by atoms with E-state index in [2.05, 4.69) is 26.1 Å². The van der Waals surface area contributed by atoms with Gasteiger partial charge in [-0.25, -0.2) is 4.79 Å². The van der Waals surface area contributed by atoms with Crippen LogP contribution in [0.1, 0.15) is 47.0 Å². The minimum absolute atomic E-state index is 0.257. The zero-order valence-electron chi connectivity index (χ0n) is 11.0. The van der Waals surface area contributed by atoms with Crippen LogP contribution < -0.4 is 5.32 Å². The zero-order chi connectivity index (χ0) is 12.1. The van der Waals surface area contributed by atoms with Gasteiger partial charge in [0, 0.05) is 6.04 Å². The van der Waals surface area contributed by atoms with Gasteiger partial charge in [0.15, 0.2) is 0 Å². The molecule has 0 heterocycles. The van der Waals surface area contributed by atoms with Crippen LogP contribution >= 0.6 is 0 Å². The molecular formula is C13H25NO2. The molecular weight excluding hydrogens is 202 g/mol. The van der Waals surface area contributed by atoms with E-state index in [-0.39, 0.29) is 6.09 Å². The van der Waals surface area contributed by atoms with Crippen molar-refractivity contribution in [3.05, 3.63) is 0 Å².